The minimum atomic E-state index is 0.0837. The van der Waals surface area contributed by atoms with Crippen LogP contribution in [-0.2, 0) is 10.2 Å². The number of hydrogen-bond acceptors (Lipinski definition) is 3. The van der Waals surface area contributed by atoms with Crippen molar-refractivity contribution in [3.8, 4) is 0 Å². The van der Waals surface area contributed by atoms with Gasteiger partial charge in [0.05, 0.1) is 5.92 Å². The number of hydrogen-bond donors (Lipinski definition) is 1. The molecule has 19 heavy (non-hydrogen) atoms. The van der Waals surface area contributed by atoms with Crippen molar-refractivity contribution in [3.05, 3.63) is 23.9 Å². The lowest BCUT2D eigenvalue weighted by Crippen LogP contribution is -2.25. The summed E-state index contributed by atoms with van der Waals surface area (Å²) in [5.41, 5.74) is 1.26. The van der Waals surface area contributed by atoms with Crippen LogP contribution in [-0.4, -0.2) is 35.9 Å². The zero-order chi connectivity index (χ0) is 14.0. The number of pyridine rings is 1. The lowest BCUT2D eigenvalue weighted by molar-refractivity contribution is -0.119. The third-order valence-electron chi connectivity index (χ3n) is 3.64. The number of likely N-dealkylation sites (tertiary alicyclic amines) is 1. The van der Waals surface area contributed by atoms with Crippen LogP contribution in [0.1, 0.15) is 32.8 Å². The highest BCUT2D eigenvalue weighted by Crippen LogP contribution is 2.22. The van der Waals surface area contributed by atoms with E-state index in [0.29, 0.717) is 5.82 Å². The first-order valence-corrected chi connectivity index (χ1v) is 6.82. The number of aromatic nitrogens is 1. The van der Waals surface area contributed by atoms with E-state index < -0.39 is 0 Å². The van der Waals surface area contributed by atoms with Crippen molar-refractivity contribution in [1.29, 1.82) is 0 Å². The standard InChI is InChI=1S/C15H23N3O/c1-15(2,3)12-5-6-13(16-9-12)17-14(19)11-7-8-18(4)10-11/h5-6,9,11H,7-8,10H2,1-4H3,(H,16,17,19). The predicted molar refractivity (Wildman–Crippen MR) is 77.2 cm³/mol. The van der Waals surface area contributed by atoms with Crippen LogP contribution in [0.25, 0.3) is 0 Å². The highest BCUT2D eigenvalue weighted by molar-refractivity contribution is 5.92. The van der Waals surface area contributed by atoms with Crippen molar-refractivity contribution in [2.75, 3.05) is 25.5 Å². The Morgan fingerprint density at radius 3 is 2.63 bits per heavy atom. The molecule has 1 aromatic heterocycles. The average molecular weight is 261 g/mol. The first kappa shape index (κ1) is 14.0. The molecule has 1 unspecified atom stereocenters. The van der Waals surface area contributed by atoms with E-state index in [1.807, 2.05) is 25.4 Å². The number of nitrogens with one attached hydrogen (secondary N) is 1. The molecule has 0 bridgehead atoms. The molecule has 1 aliphatic heterocycles. The lowest BCUT2D eigenvalue weighted by atomic mass is 9.88. The van der Waals surface area contributed by atoms with Gasteiger partial charge in [0.1, 0.15) is 5.82 Å². The molecule has 0 spiro atoms. The minimum Gasteiger partial charge on any atom is -0.310 e. The van der Waals surface area contributed by atoms with E-state index in [1.165, 1.54) is 5.56 Å². The number of carbonyl (C=O) groups is 1. The molecule has 104 valence electrons. The van der Waals surface area contributed by atoms with Crippen molar-refractivity contribution in [3.63, 3.8) is 0 Å². The SMILES string of the molecule is CN1CCC(C(=O)Nc2ccc(C(C)(C)C)cn2)C1. The zero-order valence-corrected chi connectivity index (χ0v) is 12.2. The second-order valence-corrected chi connectivity index (χ2v) is 6.42. The molecule has 4 nitrogen and oxygen atoms in total. The monoisotopic (exact) mass is 261 g/mol. The molecule has 2 heterocycles. The van der Waals surface area contributed by atoms with Gasteiger partial charge in [-0.15, -0.1) is 0 Å². The van der Waals surface area contributed by atoms with Gasteiger partial charge in [0, 0.05) is 12.7 Å². The summed E-state index contributed by atoms with van der Waals surface area (Å²) < 4.78 is 0. The van der Waals surface area contributed by atoms with Crippen LogP contribution in [0.4, 0.5) is 5.82 Å². The van der Waals surface area contributed by atoms with E-state index in [9.17, 15) is 4.79 Å². The number of anilines is 1. The topological polar surface area (TPSA) is 45.2 Å². The molecule has 4 heteroatoms. The fourth-order valence-electron chi connectivity index (χ4n) is 2.29. The van der Waals surface area contributed by atoms with Gasteiger partial charge in [-0.25, -0.2) is 4.98 Å². The average Bonchev–Trinajstić information content (AvgIpc) is 2.75. The van der Waals surface area contributed by atoms with Gasteiger partial charge < -0.3 is 10.2 Å². The second-order valence-electron chi connectivity index (χ2n) is 6.42. The third-order valence-corrected chi connectivity index (χ3v) is 3.64. The van der Waals surface area contributed by atoms with E-state index in [0.717, 1.165) is 19.5 Å². The summed E-state index contributed by atoms with van der Waals surface area (Å²) in [4.78, 5) is 18.6. The summed E-state index contributed by atoms with van der Waals surface area (Å²) in [6.07, 6.45) is 2.78. The van der Waals surface area contributed by atoms with Crippen LogP contribution in [0.15, 0.2) is 18.3 Å². The van der Waals surface area contributed by atoms with Crippen LogP contribution < -0.4 is 5.32 Å². The Kier molecular flexibility index (Phi) is 3.90. The Morgan fingerprint density at radius 1 is 1.42 bits per heavy atom. The summed E-state index contributed by atoms with van der Waals surface area (Å²) in [5, 5.41) is 2.91. The maximum Gasteiger partial charge on any atom is 0.229 e. The fourth-order valence-corrected chi connectivity index (χ4v) is 2.29. The number of rotatable bonds is 2. The van der Waals surface area contributed by atoms with E-state index >= 15 is 0 Å². The first-order chi connectivity index (χ1) is 8.86. The summed E-state index contributed by atoms with van der Waals surface area (Å²) >= 11 is 0. The Balaban J connectivity index is 1.98. The van der Waals surface area contributed by atoms with Crippen LogP contribution in [0.3, 0.4) is 0 Å². The normalized spacial score (nSPS) is 20.5. The first-order valence-electron chi connectivity index (χ1n) is 6.82. The van der Waals surface area contributed by atoms with Gasteiger partial charge in [0.25, 0.3) is 0 Å². The van der Waals surface area contributed by atoms with Gasteiger partial charge >= 0.3 is 0 Å². The maximum absolute atomic E-state index is 12.1. The quantitative estimate of drug-likeness (QED) is 0.888. The summed E-state index contributed by atoms with van der Waals surface area (Å²) in [6.45, 7) is 8.28. The predicted octanol–water partition coefficient (Wildman–Crippen LogP) is 2.27. The molecular weight excluding hydrogens is 238 g/mol. The molecule has 0 aromatic carbocycles. The van der Waals surface area contributed by atoms with Crippen molar-refractivity contribution in [2.45, 2.75) is 32.6 Å². The smallest absolute Gasteiger partial charge is 0.229 e. The highest BCUT2D eigenvalue weighted by atomic mass is 16.2. The lowest BCUT2D eigenvalue weighted by Gasteiger charge is -2.18. The second kappa shape index (κ2) is 5.29. The molecule has 0 aliphatic carbocycles. The summed E-state index contributed by atoms with van der Waals surface area (Å²) in [6, 6.07) is 3.92. The van der Waals surface area contributed by atoms with Gasteiger partial charge in [0.2, 0.25) is 5.91 Å². The van der Waals surface area contributed by atoms with Gasteiger partial charge in [-0.3, -0.25) is 4.79 Å². The van der Waals surface area contributed by atoms with Gasteiger partial charge in [0.15, 0.2) is 0 Å². The largest absolute Gasteiger partial charge is 0.310 e. The number of amides is 1. The maximum atomic E-state index is 12.1. The molecule has 1 amide bonds. The van der Waals surface area contributed by atoms with E-state index in [4.69, 9.17) is 0 Å². The van der Waals surface area contributed by atoms with Gasteiger partial charge in [-0.1, -0.05) is 26.8 Å². The zero-order valence-electron chi connectivity index (χ0n) is 12.2. The number of nitrogens with zero attached hydrogens (tertiary/aromatic N) is 2. The van der Waals surface area contributed by atoms with Crippen molar-refractivity contribution >= 4 is 11.7 Å². The van der Waals surface area contributed by atoms with E-state index in [1.54, 1.807) is 0 Å². The molecule has 1 saturated heterocycles. The Bertz CT molecular complexity index is 447. The molecule has 0 saturated carbocycles. The highest BCUT2D eigenvalue weighted by Gasteiger charge is 2.26. The molecular formula is C15H23N3O. The third kappa shape index (κ3) is 3.53. The van der Waals surface area contributed by atoms with Crippen molar-refractivity contribution in [1.82, 2.24) is 9.88 Å². The fraction of sp³-hybridized carbons (Fsp3) is 0.600. The molecule has 1 atom stereocenters. The van der Waals surface area contributed by atoms with Crippen LogP contribution in [0, 0.1) is 5.92 Å². The van der Waals surface area contributed by atoms with E-state index in [-0.39, 0.29) is 17.2 Å². The van der Waals surface area contributed by atoms with Crippen LogP contribution >= 0.6 is 0 Å². The minimum absolute atomic E-state index is 0.0837. The Morgan fingerprint density at radius 2 is 2.16 bits per heavy atom. The Hall–Kier alpha value is -1.42. The molecule has 0 radical (unpaired) electrons. The molecule has 1 fully saturated rings. The van der Waals surface area contributed by atoms with E-state index in [2.05, 4.69) is 36.0 Å². The molecule has 1 aliphatic rings. The van der Waals surface area contributed by atoms with Crippen molar-refractivity contribution in [2.24, 2.45) is 5.92 Å². The number of carbonyl (C=O) groups excluding carboxylic acids is 1. The van der Waals surface area contributed by atoms with Gasteiger partial charge in [-0.2, -0.15) is 0 Å². The van der Waals surface area contributed by atoms with Crippen LogP contribution in [0.5, 0.6) is 0 Å². The van der Waals surface area contributed by atoms with Crippen molar-refractivity contribution < 1.29 is 4.79 Å². The van der Waals surface area contributed by atoms with Crippen LogP contribution in [0.2, 0.25) is 0 Å². The summed E-state index contributed by atoms with van der Waals surface area (Å²) in [7, 11) is 2.05. The summed E-state index contributed by atoms with van der Waals surface area (Å²) in [5.74, 6) is 0.821. The molecule has 2 rings (SSSR count). The molecule has 1 aromatic rings. The Labute approximate surface area is 115 Å². The van der Waals surface area contributed by atoms with Gasteiger partial charge in [-0.05, 0) is 37.1 Å². The molecule has 1 N–H and O–H groups in total.